The van der Waals surface area contributed by atoms with Gasteiger partial charge in [0.2, 0.25) is 0 Å². The lowest BCUT2D eigenvalue weighted by Crippen LogP contribution is -2.49. The topological polar surface area (TPSA) is 42.5 Å². The maximum absolute atomic E-state index is 5.44. The van der Waals surface area contributed by atoms with Crippen molar-refractivity contribution >= 4 is 0 Å². The first-order valence-electron chi connectivity index (χ1n) is 6.42. The van der Waals surface area contributed by atoms with Gasteiger partial charge in [0, 0.05) is 31.3 Å². The Kier molecular flexibility index (Phi) is 4.58. The van der Waals surface area contributed by atoms with Gasteiger partial charge in [-0.15, -0.1) is 0 Å². The van der Waals surface area contributed by atoms with Crippen LogP contribution in [-0.2, 0) is 9.47 Å². The van der Waals surface area contributed by atoms with Crippen LogP contribution in [0.3, 0.4) is 0 Å². The zero-order valence-electron chi connectivity index (χ0n) is 10.3. The third kappa shape index (κ3) is 3.70. The molecule has 0 bridgehead atoms. The normalized spacial score (nSPS) is 30.2. The molecule has 2 aliphatic rings. The smallest absolute Gasteiger partial charge is 0.0620 e. The van der Waals surface area contributed by atoms with Crippen molar-refractivity contribution in [3.63, 3.8) is 0 Å². The molecule has 0 aromatic heterocycles. The minimum absolute atomic E-state index is 0.285. The standard InChI is InChI=1S/C12H24N2O2/c1-12(3-7-15-8-4-12)14-5-2-11-10-16-9-6-13-11/h11,13-14H,2-10H2,1H3. The molecule has 2 saturated heterocycles. The Bertz CT molecular complexity index is 199. The first-order chi connectivity index (χ1) is 7.79. The van der Waals surface area contributed by atoms with Gasteiger partial charge in [0.25, 0.3) is 0 Å². The van der Waals surface area contributed by atoms with Gasteiger partial charge in [0.1, 0.15) is 0 Å². The van der Waals surface area contributed by atoms with Crippen molar-refractivity contribution < 1.29 is 9.47 Å². The van der Waals surface area contributed by atoms with Crippen LogP contribution in [-0.4, -0.2) is 51.1 Å². The highest BCUT2D eigenvalue weighted by molar-refractivity contribution is 4.86. The van der Waals surface area contributed by atoms with Gasteiger partial charge < -0.3 is 20.1 Å². The van der Waals surface area contributed by atoms with Crippen molar-refractivity contribution in [3.05, 3.63) is 0 Å². The molecule has 0 amide bonds. The Morgan fingerprint density at radius 3 is 2.75 bits per heavy atom. The molecule has 1 atom stereocenters. The number of nitrogens with one attached hydrogen (secondary N) is 2. The Hall–Kier alpha value is -0.160. The van der Waals surface area contributed by atoms with E-state index < -0.39 is 0 Å². The lowest BCUT2D eigenvalue weighted by Gasteiger charge is -2.35. The summed E-state index contributed by atoms with van der Waals surface area (Å²) in [5.74, 6) is 0. The largest absolute Gasteiger partial charge is 0.381 e. The molecule has 0 spiro atoms. The van der Waals surface area contributed by atoms with Crippen LogP contribution in [0.5, 0.6) is 0 Å². The molecule has 0 aromatic carbocycles. The third-order valence-electron chi connectivity index (χ3n) is 3.64. The average Bonchev–Trinajstić information content (AvgIpc) is 2.31. The summed E-state index contributed by atoms with van der Waals surface area (Å²) in [4.78, 5) is 0. The maximum atomic E-state index is 5.44. The molecule has 0 aliphatic carbocycles. The average molecular weight is 228 g/mol. The van der Waals surface area contributed by atoms with E-state index in [1.807, 2.05) is 0 Å². The third-order valence-corrected chi connectivity index (χ3v) is 3.64. The molecule has 4 nitrogen and oxygen atoms in total. The van der Waals surface area contributed by atoms with Crippen LogP contribution in [0, 0.1) is 0 Å². The summed E-state index contributed by atoms with van der Waals surface area (Å²) < 4.78 is 10.8. The quantitative estimate of drug-likeness (QED) is 0.736. The second kappa shape index (κ2) is 5.96. The van der Waals surface area contributed by atoms with Crippen molar-refractivity contribution in [2.75, 3.05) is 39.5 Å². The molecule has 0 saturated carbocycles. The first-order valence-corrected chi connectivity index (χ1v) is 6.42. The van der Waals surface area contributed by atoms with Crippen molar-refractivity contribution in [2.24, 2.45) is 0 Å². The van der Waals surface area contributed by atoms with E-state index in [-0.39, 0.29) is 5.54 Å². The van der Waals surface area contributed by atoms with Crippen molar-refractivity contribution in [1.29, 1.82) is 0 Å². The fraction of sp³-hybridized carbons (Fsp3) is 1.00. The molecule has 2 rings (SSSR count). The van der Waals surface area contributed by atoms with Crippen LogP contribution in [0.4, 0.5) is 0 Å². The van der Waals surface area contributed by atoms with Crippen LogP contribution >= 0.6 is 0 Å². The summed E-state index contributed by atoms with van der Waals surface area (Å²) in [7, 11) is 0. The van der Waals surface area contributed by atoms with Gasteiger partial charge in [-0.05, 0) is 32.7 Å². The Morgan fingerprint density at radius 1 is 1.25 bits per heavy atom. The fourth-order valence-electron chi connectivity index (χ4n) is 2.35. The van der Waals surface area contributed by atoms with Crippen molar-refractivity contribution in [2.45, 2.75) is 37.8 Å². The molecule has 94 valence electrons. The van der Waals surface area contributed by atoms with Gasteiger partial charge in [-0.25, -0.2) is 0 Å². The summed E-state index contributed by atoms with van der Waals surface area (Å²) >= 11 is 0. The second-order valence-electron chi connectivity index (χ2n) is 5.11. The molecular weight excluding hydrogens is 204 g/mol. The molecule has 2 fully saturated rings. The van der Waals surface area contributed by atoms with Crippen LogP contribution in [0.2, 0.25) is 0 Å². The van der Waals surface area contributed by atoms with Crippen LogP contribution in [0.15, 0.2) is 0 Å². The second-order valence-corrected chi connectivity index (χ2v) is 5.11. The summed E-state index contributed by atoms with van der Waals surface area (Å²) in [6, 6.07) is 0.532. The molecule has 2 N–H and O–H groups in total. The van der Waals surface area contributed by atoms with Gasteiger partial charge in [-0.1, -0.05) is 0 Å². The Labute approximate surface area is 98.1 Å². The zero-order chi connectivity index (χ0) is 11.3. The molecule has 4 heteroatoms. The lowest BCUT2D eigenvalue weighted by atomic mass is 9.92. The minimum Gasteiger partial charge on any atom is -0.381 e. The summed E-state index contributed by atoms with van der Waals surface area (Å²) in [5, 5.41) is 7.15. The number of rotatable bonds is 4. The van der Waals surface area contributed by atoms with Crippen LogP contribution < -0.4 is 10.6 Å². The van der Waals surface area contributed by atoms with Crippen molar-refractivity contribution in [3.8, 4) is 0 Å². The summed E-state index contributed by atoms with van der Waals surface area (Å²) in [5.41, 5.74) is 0.285. The van der Waals surface area contributed by atoms with Gasteiger partial charge in [-0.2, -0.15) is 0 Å². The van der Waals surface area contributed by atoms with Crippen LogP contribution in [0.1, 0.15) is 26.2 Å². The van der Waals surface area contributed by atoms with E-state index in [9.17, 15) is 0 Å². The van der Waals surface area contributed by atoms with E-state index in [1.165, 1.54) is 0 Å². The zero-order valence-corrected chi connectivity index (χ0v) is 10.3. The Balaban J connectivity index is 1.62. The summed E-state index contributed by atoms with van der Waals surface area (Å²) in [6.07, 6.45) is 3.40. The van der Waals surface area contributed by atoms with E-state index >= 15 is 0 Å². The van der Waals surface area contributed by atoms with Crippen LogP contribution in [0.25, 0.3) is 0 Å². The number of morpholine rings is 1. The van der Waals surface area contributed by atoms with E-state index in [1.54, 1.807) is 0 Å². The predicted octanol–water partition coefficient (Wildman–Crippen LogP) is 0.524. The van der Waals surface area contributed by atoms with Crippen molar-refractivity contribution in [1.82, 2.24) is 10.6 Å². The molecule has 0 aromatic rings. The summed E-state index contributed by atoms with van der Waals surface area (Å²) in [6.45, 7) is 7.89. The van der Waals surface area contributed by atoms with Gasteiger partial charge in [0.15, 0.2) is 0 Å². The molecular formula is C12H24N2O2. The lowest BCUT2D eigenvalue weighted by molar-refractivity contribution is 0.0425. The van der Waals surface area contributed by atoms with E-state index in [4.69, 9.17) is 9.47 Å². The molecule has 2 aliphatic heterocycles. The van der Waals surface area contributed by atoms with Gasteiger partial charge >= 0.3 is 0 Å². The molecule has 0 radical (unpaired) electrons. The van der Waals surface area contributed by atoms with Gasteiger partial charge in [-0.3, -0.25) is 0 Å². The predicted molar refractivity (Wildman–Crippen MR) is 63.7 cm³/mol. The fourth-order valence-corrected chi connectivity index (χ4v) is 2.35. The molecule has 16 heavy (non-hydrogen) atoms. The monoisotopic (exact) mass is 228 g/mol. The minimum atomic E-state index is 0.285. The molecule has 2 heterocycles. The Morgan fingerprint density at radius 2 is 2.06 bits per heavy atom. The van der Waals surface area contributed by atoms with E-state index in [2.05, 4.69) is 17.6 Å². The highest BCUT2D eigenvalue weighted by atomic mass is 16.5. The first kappa shape index (κ1) is 12.3. The van der Waals surface area contributed by atoms with E-state index in [0.717, 1.165) is 58.8 Å². The molecule has 1 unspecified atom stereocenters. The number of hydrogen-bond acceptors (Lipinski definition) is 4. The highest BCUT2D eigenvalue weighted by Crippen LogP contribution is 2.19. The SMILES string of the molecule is CC1(NCCC2COCCN2)CCOCC1. The number of ether oxygens (including phenoxy) is 2. The number of hydrogen-bond donors (Lipinski definition) is 2. The highest BCUT2D eigenvalue weighted by Gasteiger charge is 2.26. The maximum Gasteiger partial charge on any atom is 0.0620 e. The van der Waals surface area contributed by atoms with E-state index in [0.29, 0.717) is 6.04 Å². The van der Waals surface area contributed by atoms with Gasteiger partial charge in [0.05, 0.1) is 13.2 Å².